The first-order valence-corrected chi connectivity index (χ1v) is 9.84. The zero-order valence-electron chi connectivity index (χ0n) is 15.9. The monoisotopic (exact) mass is 374 g/mol. The van der Waals surface area contributed by atoms with Crippen molar-refractivity contribution in [2.75, 3.05) is 36.5 Å². The van der Waals surface area contributed by atoms with Gasteiger partial charge >= 0.3 is 0 Å². The normalized spacial score (nSPS) is 20.1. The molecule has 2 aliphatic rings. The molecule has 2 aliphatic heterocycles. The van der Waals surface area contributed by atoms with Crippen LogP contribution in [0.2, 0.25) is 0 Å². The maximum atomic E-state index is 12.5. The van der Waals surface area contributed by atoms with E-state index in [9.17, 15) is 9.59 Å². The summed E-state index contributed by atoms with van der Waals surface area (Å²) in [5.41, 5.74) is 7.93. The fourth-order valence-corrected chi connectivity index (χ4v) is 3.67. The molecule has 0 radical (unpaired) electrons. The largest absolute Gasteiger partial charge is 0.381 e. The topological polar surface area (TPSA) is 96.7 Å². The molecule has 0 spiro atoms. The molecule has 2 heterocycles. The van der Waals surface area contributed by atoms with Gasteiger partial charge in [-0.1, -0.05) is 6.07 Å². The van der Waals surface area contributed by atoms with Crippen LogP contribution in [0.4, 0.5) is 11.4 Å². The predicted molar refractivity (Wildman–Crippen MR) is 106 cm³/mol. The van der Waals surface area contributed by atoms with Crippen molar-refractivity contribution in [3.05, 3.63) is 24.3 Å². The summed E-state index contributed by atoms with van der Waals surface area (Å²) >= 11 is 0. The number of nitrogens with zero attached hydrogens (tertiary/aromatic N) is 1. The summed E-state index contributed by atoms with van der Waals surface area (Å²) in [5.74, 6) is -0.428. The van der Waals surface area contributed by atoms with Crippen molar-refractivity contribution < 1.29 is 14.3 Å². The fourth-order valence-electron chi connectivity index (χ4n) is 3.67. The van der Waals surface area contributed by atoms with Gasteiger partial charge in [-0.25, -0.2) is 0 Å². The molecule has 4 N–H and O–H groups in total. The molecule has 3 rings (SSSR count). The van der Waals surface area contributed by atoms with Crippen molar-refractivity contribution in [2.24, 2.45) is 11.7 Å². The number of benzene rings is 1. The molecule has 148 valence electrons. The summed E-state index contributed by atoms with van der Waals surface area (Å²) in [6, 6.07) is 6.57. The van der Waals surface area contributed by atoms with Crippen LogP contribution in [0.15, 0.2) is 24.3 Å². The van der Waals surface area contributed by atoms with E-state index in [0.29, 0.717) is 13.2 Å². The van der Waals surface area contributed by atoms with Gasteiger partial charge in [0.1, 0.15) is 6.04 Å². The second-order valence-corrected chi connectivity index (χ2v) is 7.44. The third kappa shape index (κ3) is 5.20. The Morgan fingerprint density at radius 3 is 2.59 bits per heavy atom. The summed E-state index contributed by atoms with van der Waals surface area (Å²) in [7, 11) is 0. The van der Waals surface area contributed by atoms with Crippen LogP contribution in [0.1, 0.15) is 32.6 Å². The van der Waals surface area contributed by atoms with E-state index in [1.54, 1.807) is 6.92 Å². The maximum absolute atomic E-state index is 12.5. The first-order valence-electron chi connectivity index (χ1n) is 9.84. The number of carbonyl (C=O) groups excluding carboxylic acids is 2. The SMILES string of the molecule is CC(NC(=O)C(N)C1CCOCC1)C(=O)Nc1cccc(N2CCCC2)c1. The van der Waals surface area contributed by atoms with Gasteiger partial charge in [0, 0.05) is 37.7 Å². The summed E-state index contributed by atoms with van der Waals surface area (Å²) < 4.78 is 5.31. The van der Waals surface area contributed by atoms with Crippen molar-refractivity contribution >= 4 is 23.2 Å². The molecule has 2 amide bonds. The van der Waals surface area contributed by atoms with E-state index in [1.165, 1.54) is 12.8 Å². The Balaban J connectivity index is 1.52. The van der Waals surface area contributed by atoms with E-state index in [0.717, 1.165) is 37.3 Å². The molecule has 0 aromatic heterocycles. The lowest BCUT2D eigenvalue weighted by molar-refractivity contribution is -0.128. The average Bonchev–Trinajstić information content (AvgIpc) is 3.23. The van der Waals surface area contributed by atoms with Crippen molar-refractivity contribution in [1.82, 2.24) is 5.32 Å². The number of hydrogen-bond acceptors (Lipinski definition) is 5. The third-order valence-electron chi connectivity index (χ3n) is 5.41. The lowest BCUT2D eigenvalue weighted by Crippen LogP contribution is -2.52. The summed E-state index contributed by atoms with van der Waals surface area (Å²) in [6.45, 7) is 5.04. The van der Waals surface area contributed by atoms with E-state index in [1.807, 2.05) is 18.2 Å². The Morgan fingerprint density at radius 2 is 1.89 bits per heavy atom. The quantitative estimate of drug-likeness (QED) is 0.701. The Labute approximate surface area is 160 Å². The fraction of sp³-hybridized carbons (Fsp3) is 0.600. The molecule has 2 atom stereocenters. The number of hydrogen-bond donors (Lipinski definition) is 3. The lowest BCUT2D eigenvalue weighted by Gasteiger charge is -2.27. The van der Waals surface area contributed by atoms with Crippen LogP contribution in [-0.2, 0) is 14.3 Å². The molecule has 27 heavy (non-hydrogen) atoms. The average molecular weight is 374 g/mol. The first kappa shape index (κ1) is 19.6. The zero-order valence-corrected chi connectivity index (χ0v) is 15.9. The van der Waals surface area contributed by atoms with Crippen LogP contribution >= 0.6 is 0 Å². The minimum absolute atomic E-state index is 0.103. The zero-order chi connectivity index (χ0) is 19.2. The molecule has 7 nitrogen and oxygen atoms in total. The number of nitrogens with one attached hydrogen (secondary N) is 2. The molecule has 2 saturated heterocycles. The van der Waals surface area contributed by atoms with Crippen LogP contribution < -0.4 is 21.3 Å². The molecular formula is C20H30N4O3. The summed E-state index contributed by atoms with van der Waals surface area (Å²) in [6.07, 6.45) is 3.96. The molecule has 2 fully saturated rings. The van der Waals surface area contributed by atoms with Crippen molar-refractivity contribution in [1.29, 1.82) is 0 Å². The molecule has 7 heteroatoms. The van der Waals surface area contributed by atoms with Gasteiger partial charge in [0.25, 0.3) is 0 Å². The van der Waals surface area contributed by atoms with Gasteiger partial charge in [0.05, 0.1) is 6.04 Å². The summed E-state index contributed by atoms with van der Waals surface area (Å²) in [5, 5.41) is 5.63. The predicted octanol–water partition coefficient (Wildman–Crippen LogP) is 1.48. The van der Waals surface area contributed by atoms with Crippen molar-refractivity contribution in [2.45, 2.75) is 44.7 Å². The first-order chi connectivity index (χ1) is 13.0. The Morgan fingerprint density at radius 1 is 1.19 bits per heavy atom. The van der Waals surface area contributed by atoms with E-state index in [-0.39, 0.29) is 17.7 Å². The minimum atomic E-state index is -0.654. The van der Waals surface area contributed by atoms with E-state index in [2.05, 4.69) is 21.6 Å². The van der Waals surface area contributed by atoms with Crippen molar-refractivity contribution in [3.63, 3.8) is 0 Å². The molecule has 0 saturated carbocycles. The second kappa shape index (κ2) is 9.19. The smallest absolute Gasteiger partial charge is 0.246 e. The van der Waals surface area contributed by atoms with Gasteiger partial charge in [0.2, 0.25) is 11.8 Å². The molecular weight excluding hydrogens is 344 g/mol. The minimum Gasteiger partial charge on any atom is -0.381 e. The van der Waals surface area contributed by atoms with Crippen molar-refractivity contribution in [3.8, 4) is 0 Å². The molecule has 0 aliphatic carbocycles. The number of ether oxygens (including phenoxy) is 1. The van der Waals surface area contributed by atoms with E-state index >= 15 is 0 Å². The number of nitrogens with two attached hydrogens (primary N) is 1. The van der Waals surface area contributed by atoms with Gasteiger partial charge in [-0.15, -0.1) is 0 Å². The summed E-state index contributed by atoms with van der Waals surface area (Å²) in [4.78, 5) is 27.2. The van der Waals surface area contributed by atoms with Crippen LogP contribution in [0, 0.1) is 5.92 Å². The molecule has 1 aromatic carbocycles. The highest BCUT2D eigenvalue weighted by molar-refractivity contribution is 5.97. The molecule has 0 bridgehead atoms. The van der Waals surface area contributed by atoms with E-state index in [4.69, 9.17) is 10.5 Å². The van der Waals surface area contributed by atoms with E-state index < -0.39 is 12.1 Å². The lowest BCUT2D eigenvalue weighted by atomic mass is 9.91. The number of carbonyl (C=O) groups is 2. The highest BCUT2D eigenvalue weighted by Crippen LogP contribution is 2.23. The van der Waals surface area contributed by atoms with Crippen LogP contribution in [0.5, 0.6) is 0 Å². The maximum Gasteiger partial charge on any atom is 0.246 e. The standard InChI is InChI=1S/C20H30N4O3/c1-14(22-20(26)18(21)15-7-11-27-12-8-15)19(25)23-16-5-4-6-17(13-16)24-9-2-3-10-24/h4-6,13-15,18H,2-3,7-12,21H2,1H3,(H,22,26)(H,23,25). The Bertz CT molecular complexity index is 654. The van der Waals surface area contributed by atoms with Gasteiger partial charge in [-0.05, 0) is 56.7 Å². The number of rotatable bonds is 6. The van der Waals surface area contributed by atoms with Gasteiger partial charge in [-0.2, -0.15) is 0 Å². The van der Waals surface area contributed by atoms with Gasteiger partial charge < -0.3 is 26.0 Å². The van der Waals surface area contributed by atoms with Crippen LogP contribution in [-0.4, -0.2) is 50.2 Å². The second-order valence-electron chi connectivity index (χ2n) is 7.44. The van der Waals surface area contributed by atoms with Crippen LogP contribution in [0.25, 0.3) is 0 Å². The van der Waals surface area contributed by atoms with Gasteiger partial charge in [-0.3, -0.25) is 9.59 Å². The highest BCUT2D eigenvalue weighted by Gasteiger charge is 2.28. The van der Waals surface area contributed by atoms with Gasteiger partial charge in [0.15, 0.2) is 0 Å². The van der Waals surface area contributed by atoms with Crippen LogP contribution in [0.3, 0.4) is 0 Å². The Kier molecular flexibility index (Phi) is 6.68. The highest BCUT2D eigenvalue weighted by atomic mass is 16.5. The molecule has 2 unspecified atom stereocenters. The Hall–Kier alpha value is -2.12. The molecule has 1 aromatic rings. The number of anilines is 2. The third-order valence-corrected chi connectivity index (χ3v) is 5.41. The number of amides is 2.